The van der Waals surface area contributed by atoms with E-state index in [1.54, 1.807) is 14.2 Å². The second kappa shape index (κ2) is 7.53. The lowest BCUT2D eigenvalue weighted by molar-refractivity contribution is 0.306. The predicted molar refractivity (Wildman–Crippen MR) is 82.8 cm³/mol. The van der Waals surface area contributed by atoms with Crippen molar-refractivity contribution in [2.75, 3.05) is 20.8 Å². The quantitative estimate of drug-likeness (QED) is 0.859. The molecule has 20 heavy (non-hydrogen) atoms. The van der Waals surface area contributed by atoms with E-state index < -0.39 is 0 Å². The molecule has 2 unspecified atom stereocenters. The van der Waals surface area contributed by atoms with Crippen molar-refractivity contribution in [1.29, 1.82) is 0 Å². The Balaban J connectivity index is 2.30. The maximum Gasteiger partial charge on any atom is 0.126 e. The average Bonchev–Trinajstić information content (AvgIpc) is 2.52. The Morgan fingerprint density at radius 2 is 1.75 bits per heavy atom. The van der Waals surface area contributed by atoms with Crippen molar-refractivity contribution in [2.45, 2.75) is 51.0 Å². The fourth-order valence-corrected chi connectivity index (χ4v) is 3.30. The Hall–Kier alpha value is -1.22. The zero-order valence-electron chi connectivity index (χ0n) is 12.9. The summed E-state index contributed by atoms with van der Waals surface area (Å²) in [6.07, 6.45) is 6.22. The van der Waals surface area contributed by atoms with Crippen LogP contribution in [0.4, 0.5) is 0 Å². The summed E-state index contributed by atoms with van der Waals surface area (Å²) >= 11 is 0. The van der Waals surface area contributed by atoms with Gasteiger partial charge in [0.2, 0.25) is 0 Å². The second-order valence-electron chi connectivity index (χ2n) is 5.53. The maximum atomic E-state index is 5.59. The van der Waals surface area contributed by atoms with E-state index in [4.69, 9.17) is 9.47 Å². The van der Waals surface area contributed by atoms with Crippen LogP contribution in [0, 0.1) is 0 Å². The predicted octanol–water partition coefficient (Wildman–Crippen LogP) is 3.73. The minimum atomic E-state index is 0.487. The number of hydrogen-bond acceptors (Lipinski definition) is 3. The standard InChI is InChI=1S/C17H27NO2/c1-4-12-18-14-9-6-5-8-13(14)17-15(19-2)10-7-11-16(17)20-3/h7,10-11,13-14,18H,4-6,8-9,12H2,1-3H3. The molecule has 0 aromatic heterocycles. The number of hydrogen-bond donors (Lipinski definition) is 1. The fraction of sp³-hybridized carbons (Fsp3) is 0.647. The molecule has 1 aliphatic carbocycles. The van der Waals surface area contributed by atoms with E-state index in [0.717, 1.165) is 18.0 Å². The van der Waals surface area contributed by atoms with E-state index in [1.165, 1.54) is 37.7 Å². The van der Waals surface area contributed by atoms with E-state index in [-0.39, 0.29) is 0 Å². The van der Waals surface area contributed by atoms with Gasteiger partial charge in [-0.05, 0) is 37.9 Å². The molecule has 2 atom stereocenters. The summed E-state index contributed by atoms with van der Waals surface area (Å²) in [5, 5.41) is 3.71. The van der Waals surface area contributed by atoms with Gasteiger partial charge in [0.25, 0.3) is 0 Å². The summed E-state index contributed by atoms with van der Waals surface area (Å²) in [7, 11) is 3.49. The molecule has 0 heterocycles. The Bertz CT molecular complexity index is 397. The fourth-order valence-electron chi connectivity index (χ4n) is 3.30. The number of benzene rings is 1. The lowest BCUT2D eigenvalue weighted by Crippen LogP contribution is -2.37. The Morgan fingerprint density at radius 3 is 2.35 bits per heavy atom. The van der Waals surface area contributed by atoms with Crippen LogP contribution in [0.15, 0.2) is 18.2 Å². The van der Waals surface area contributed by atoms with Crippen molar-refractivity contribution >= 4 is 0 Å². The van der Waals surface area contributed by atoms with Crippen LogP contribution >= 0.6 is 0 Å². The monoisotopic (exact) mass is 277 g/mol. The first kappa shape index (κ1) is 15.2. The van der Waals surface area contributed by atoms with Crippen LogP contribution in [0.5, 0.6) is 11.5 Å². The largest absolute Gasteiger partial charge is 0.496 e. The highest BCUT2D eigenvalue weighted by Crippen LogP contribution is 2.42. The zero-order valence-corrected chi connectivity index (χ0v) is 12.9. The van der Waals surface area contributed by atoms with Crippen molar-refractivity contribution in [3.63, 3.8) is 0 Å². The summed E-state index contributed by atoms with van der Waals surface area (Å²) in [6, 6.07) is 6.62. The zero-order chi connectivity index (χ0) is 14.4. The Labute approximate surface area is 122 Å². The third kappa shape index (κ3) is 3.26. The molecule has 0 bridgehead atoms. The molecule has 0 radical (unpaired) electrons. The van der Waals surface area contributed by atoms with Gasteiger partial charge in [0, 0.05) is 17.5 Å². The van der Waals surface area contributed by atoms with Crippen molar-refractivity contribution in [3.05, 3.63) is 23.8 Å². The molecule has 112 valence electrons. The maximum absolute atomic E-state index is 5.59. The first-order valence-corrected chi connectivity index (χ1v) is 7.76. The van der Waals surface area contributed by atoms with Crippen LogP contribution in [0.25, 0.3) is 0 Å². The van der Waals surface area contributed by atoms with Crippen LogP contribution in [0.2, 0.25) is 0 Å². The topological polar surface area (TPSA) is 30.5 Å². The molecule has 1 saturated carbocycles. The summed E-state index contributed by atoms with van der Waals surface area (Å²) in [6.45, 7) is 3.30. The highest BCUT2D eigenvalue weighted by molar-refractivity contribution is 5.48. The van der Waals surface area contributed by atoms with Gasteiger partial charge >= 0.3 is 0 Å². The van der Waals surface area contributed by atoms with Crippen molar-refractivity contribution in [3.8, 4) is 11.5 Å². The molecule has 1 aromatic carbocycles. The summed E-state index contributed by atoms with van der Waals surface area (Å²) in [4.78, 5) is 0. The highest BCUT2D eigenvalue weighted by atomic mass is 16.5. The minimum absolute atomic E-state index is 0.487. The lowest BCUT2D eigenvalue weighted by atomic mass is 9.79. The Morgan fingerprint density at radius 1 is 1.10 bits per heavy atom. The molecule has 1 aromatic rings. The molecule has 0 amide bonds. The summed E-state index contributed by atoms with van der Waals surface area (Å²) < 4.78 is 11.2. The van der Waals surface area contributed by atoms with Gasteiger partial charge in [-0.2, -0.15) is 0 Å². The summed E-state index contributed by atoms with van der Waals surface area (Å²) in [5.74, 6) is 2.40. The third-order valence-corrected chi connectivity index (χ3v) is 4.26. The van der Waals surface area contributed by atoms with Gasteiger partial charge in [0.1, 0.15) is 11.5 Å². The number of ether oxygens (including phenoxy) is 2. The molecule has 1 aliphatic rings. The lowest BCUT2D eigenvalue weighted by Gasteiger charge is -2.34. The minimum Gasteiger partial charge on any atom is -0.496 e. The van der Waals surface area contributed by atoms with Crippen molar-refractivity contribution in [1.82, 2.24) is 5.32 Å². The van der Waals surface area contributed by atoms with E-state index in [1.807, 2.05) is 18.2 Å². The summed E-state index contributed by atoms with van der Waals surface area (Å²) in [5.41, 5.74) is 1.24. The average molecular weight is 277 g/mol. The van der Waals surface area contributed by atoms with Gasteiger partial charge in [-0.3, -0.25) is 0 Å². The van der Waals surface area contributed by atoms with Gasteiger partial charge < -0.3 is 14.8 Å². The van der Waals surface area contributed by atoms with Crippen LogP contribution in [-0.2, 0) is 0 Å². The smallest absolute Gasteiger partial charge is 0.126 e. The van der Waals surface area contributed by atoms with Gasteiger partial charge in [-0.15, -0.1) is 0 Å². The third-order valence-electron chi connectivity index (χ3n) is 4.26. The van der Waals surface area contributed by atoms with Gasteiger partial charge in [-0.25, -0.2) is 0 Å². The molecular formula is C17H27NO2. The molecule has 0 spiro atoms. The van der Waals surface area contributed by atoms with Crippen LogP contribution < -0.4 is 14.8 Å². The number of nitrogens with one attached hydrogen (secondary N) is 1. The van der Waals surface area contributed by atoms with E-state index >= 15 is 0 Å². The molecule has 3 nitrogen and oxygen atoms in total. The first-order chi connectivity index (χ1) is 9.81. The first-order valence-electron chi connectivity index (χ1n) is 7.76. The SMILES string of the molecule is CCCNC1CCCCC1c1c(OC)cccc1OC. The normalized spacial score (nSPS) is 22.6. The Kier molecular flexibility index (Phi) is 5.72. The number of rotatable bonds is 6. The van der Waals surface area contributed by atoms with Crippen LogP contribution in [0.1, 0.15) is 50.5 Å². The molecule has 3 heteroatoms. The van der Waals surface area contributed by atoms with Crippen LogP contribution in [-0.4, -0.2) is 26.8 Å². The molecule has 1 N–H and O–H groups in total. The van der Waals surface area contributed by atoms with Crippen LogP contribution in [0.3, 0.4) is 0 Å². The van der Waals surface area contributed by atoms with Gasteiger partial charge in [0.05, 0.1) is 14.2 Å². The molecule has 0 aliphatic heterocycles. The molecular weight excluding hydrogens is 250 g/mol. The van der Waals surface area contributed by atoms with Crippen molar-refractivity contribution in [2.24, 2.45) is 0 Å². The molecule has 2 rings (SSSR count). The molecule has 1 fully saturated rings. The van der Waals surface area contributed by atoms with Gasteiger partial charge in [0.15, 0.2) is 0 Å². The van der Waals surface area contributed by atoms with E-state index in [0.29, 0.717) is 12.0 Å². The van der Waals surface area contributed by atoms with E-state index in [2.05, 4.69) is 12.2 Å². The second-order valence-corrected chi connectivity index (χ2v) is 5.53. The highest BCUT2D eigenvalue weighted by Gasteiger charge is 2.30. The van der Waals surface area contributed by atoms with E-state index in [9.17, 15) is 0 Å². The molecule has 0 saturated heterocycles. The number of methoxy groups -OCH3 is 2. The van der Waals surface area contributed by atoms with Crippen molar-refractivity contribution < 1.29 is 9.47 Å². The van der Waals surface area contributed by atoms with Gasteiger partial charge in [-0.1, -0.05) is 25.8 Å².